The van der Waals surface area contributed by atoms with Crippen molar-refractivity contribution in [2.24, 2.45) is 11.8 Å². The molecule has 0 spiro atoms. The number of Topliss-reactive ketones (excluding diaryl/α,β-unsaturated/α-hetero) is 1. The molecule has 1 saturated heterocycles. The van der Waals surface area contributed by atoms with Gasteiger partial charge in [0.2, 0.25) is 0 Å². The summed E-state index contributed by atoms with van der Waals surface area (Å²) < 4.78 is 1.98. The van der Waals surface area contributed by atoms with E-state index < -0.39 is 0 Å². The Morgan fingerprint density at radius 3 is 1.76 bits per heavy atom. The largest absolute Gasteiger partial charge is 0.315 e. The summed E-state index contributed by atoms with van der Waals surface area (Å²) in [6.07, 6.45) is 1.36. The average molecular weight is 506 g/mol. The zero-order chi connectivity index (χ0) is 18.0. The Labute approximate surface area is 174 Å². The molecule has 3 rings (SSSR count). The average Bonchev–Trinajstić information content (AvgIpc) is 2.58. The van der Waals surface area contributed by atoms with Crippen LogP contribution in [0.4, 0.5) is 0 Å². The number of piperidine rings is 1. The van der Waals surface area contributed by atoms with Gasteiger partial charge in [-0.05, 0) is 60.4 Å². The monoisotopic (exact) mass is 503 g/mol. The zero-order valence-electron chi connectivity index (χ0n) is 13.4. The molecular formula is C19H17Br2Cl2NO. The van der Waals surface area contributed by atoms with Crippen LogP contribution in [-0.2, 0) is 17.6 Å². The van der Waals surface area contributed by atoms with Crippen molar-refractivity contribution in [3.05, 3.63) is 66.5 Å². The van der Waals surface area contributed by atoms with E-state index in [-0.39, 0.29) is 11.8 Å². The Morgan fingerprint density at radius 2 is 1.32 bits per heavy atom. The highest BCUT2D eigenvalue weighted by Crippen LogP contribution is 2.29. The summed E-state index contributed by atoms with van der Waals surface area (Å²) in [7, 11) is 0. The summed E-state index contributed by atoms with van der Waals surface area (Å²) >= 11 is 19.3. The molecule has 1 aliphatic heterocycles. The first kappa shape index (κ1) is 19.4. The Kier molecular flexibility index (Phi) is 6.61. The van der Waals surface area contributed by atoms with Crippen molar-refractivity contribution >= 4 is 60.8 Å². The minimum absolute atomic E-state index is 0.0496. The molecule has 1 heterocycles. The Bertz CT molecular complexity index is 733. The van der Waals surface area contributed by atoms with Crippen molar-refractivity contribution in [3.63, 3.8) is 0 Å². The fourth-order valence-electron chi connectivity index (χ4n) is 3.24. The van der Waals surface area contributed by atoms with E-state index in [2.05, 4.69) is 37.2 Å². The van der Waals surface area contributed by atoms with E-state index in [1.807, 2.05) is 36.4 Å². The fourth-order valence-corrected chi connectivity index (χ4v) is 4.45. The summed E-state index contributed by atoms with van der Waals surface area (Å²) in [5.41, 5.74) is 2.13. The number of carbonyl (C=O) groups excluding carboxylic acids is 1. The molecular weight excluding hydrogens is 489 g/mol. The third-order valence-electron chi connectivity index (χ3n) is 4.53. The maximum absolute atomic E-state index is 13.0. The molecule has 132 valence electrons. The molecule has 0 aromatic heterocycles. The maximum atomic E-state index is 13.0. The van der Waals surface area contributed by atoms with Gasteiger partial charge >= 0.3 is 0 Å². The first-order chi connectivity index (χ1) is 11.9. The van der Waals surface area contributed by atoms with Crippen molar-refractivity contribution in [2.75, 3.05) is 13.1 Å². The predicted octanol–water partition coefficient (Wildman–Crippen LogP) is 5.71. The molecule has 2 aromatic rings. The molecule has 2 atom stereocenters. The van der Waals surface area contributed by atoms with Gasteiger partial charge in [0.25, 0.3) is 0 Å². The minimum atomic E-state index is -0.0496. The van der Waals surface area contributed by atoms with Gasteiger partial charge in [-0.15, -0.1) is 0 Å². The number of hydrogen-bond acceptors (Lipinski definition) is 2. The van der Waals surface area contributed by atoms with Gasteiger partial charge in [0.1, 0.15) is 5.78 Å². The van der Waals surface area contributed by atoms with Gasteiger partial charge in [0, 0.05) is 43.9 Å². The summed E-state index contributed by atoms with van der Waals surface area (Å²) in [5, 5.41) is 4.78. The number of ketones is 1. The smallest absolute Gasteiger partial charge is 0.142 e. The molecule has 0 radical (unpaired) electrons. The number of halogens is 4. The lowest BCUT2D eigenvalue weighted by Crippen LogP contribution is -2.45. The van der Waals surface area contributed by atoms with E-state index >= 15 is 0 Å². The van der Waals surface area contributed by atoms with Crippen LogP contribution in [0.15, 0.2) is 45.3 Å². The second-order valence-corrected chi connectivity index (χ2v) is 8.92. The van der Waals surface area contributed by atoms with Crippen LogP contribution in [0.1, 0.15) is 11.1 Å². The second-order valence-electron chi connectivity index (χ2n) is 6.33. The third-order valence-corrected chi connectivity index (χ3v) is 6.55. The fraction of sp³-hybridized carbons (Fsp3) is 0.316. The molecule has 2 unspecified atom stereocenters. The predicted molar refractivity (Wildman–Crippen MR) is 111 cm³/mol. The number of carbonyl (C=O) groups is 1. The van der Waals surface area contributed by atoms with Gasteiger partial charge in [0.15, 0.2) is 0 Å². The first-order valence-corrected chi connectivity index (χ1v) is 10.4. The van der Waals surface area contributed by atoms with Crippen molar-refractivity contribution in [1.82, 2.24) is 5.32 Å². The van der Waals surface area contributed by atoms with Crippen LogP contribution in [0.2, 0.25) is 10.0 Å². The number of hydrogen-bond donors (Lipinski definition) is 1. The third kappa shape index (κ3) is 4.86. The van der Waals surface area contributed by atoms with Crippen LogP contribution in [-0.4, -0.2) is 18.9 Å². The number of benzene rings is 2. The Hall–Kier alpha value is -0.390. The van der Waals surface area contributed by atoms with E-state index in [4.69, 9.17) is 23.2 Å². The van der Waals surface area contributed by atoms with E-state index in [1.165, 1.54) is 0 Å². The lowest BCUT2D eigenvalue weighted by atomic mass is 9.82. The highest BCUT2D eigenvalue weighted by atomic mass is 79.9. The van der Waals surface area contributed by atoms with Crippen molar-refractivity contribution in [3.8, 4) is 0 Å². The van der Waals surface area contributed by atoms with Gasteiger partial charge < -0.3 is 5.32 Å². The second kappa shape index (κ2) is 8.53. The maximum Gasteiger partial charge on any atom is 0.142 e. The van der Waals surface area contributed by atoms with E-state index in [0.29, 0.717) is 41.8 Å². The molecule has 0 aliphatic carbocycles. The zero-order valence-corrected chi connectivity index (χ0v) is 18.1. The highest BCUT2D eigenvalue weighted by molar-refractivity contribution is 9.10. The SMILES string of the molecule is O=C1C(Cc2cc(Cl)ccc2Br)CNCC1Cc1cc(Cl)ccc1Br. The quantitative estimate of drug-likeness (QED) is 0.576. The van der Waals surface area contributed by atoms with E-state index in [1.54, 1.807) is 0 Å². The van der Waals surface area contributed by atoms with Gasteiger partial charge in [0.05, 0.1) is 0 Å². The molecule has 1 fully saturated rings. The molecule has 0 saturated carbocycles. The van der Waals surface area contributed by atoms with Gasteiger partial charge in [-0.3, -0.25) is 4.79 Å². The summed E-state index contributed by atoms with van der Waals surface area (Å²) in [4.78, 5) is 13.0. The van der Waals surface area contributed by atoms with Crippen LogP contribution in [0.3, 0.4) is 0 Å². The van der Waals surface area contributed by atoms with Gasteiger partial charge in [-0.1, -0.05) is 55.1 Å². The molecule has 2 aromatic carbocycles. The van der Waals surface area contributed by atoms with E-state index in [0.717, 1.165) is 20.1 Å². The number of nitrogens with one attached hydrogen (secondary N) is 1. The molecule has 25 heavy (non-hydrogen) atoms. The van der Waals surface area contributed by atoms with E-state index in [9.17, 15) is 4.79 Å². The molecule has 2 nitrogen and oxygen atoms in total. The van der Waals surface area contributed by atoms with Crippen molar-refractivity contribution in [1.29, 1.82) is 0 Å². The Morgan fingerprint density at radius 1 is 0.880 bits per heavy atom. The molecule has 0 bridgehead atoms. The lowest BCUT2D eigenvalue weighted by Gasteiger charge is -2.29. The van der Waals surface area contributed by atoms with Crippen LogP contribution in [0.5, 0.6) is 0 Å². The van der Waals surface area contributed by atoms with Crippen molar-refractivity contribution in [2.45, 2.75) is 12.8 Å². The molecule has 1 aliphatic rings. The van der Waals surface area contributed by atoms with Crippen LogP contribution in [0.25, 0.3) is 0 Å². The molecule has 1 N–H and O–H groups in total. The van der Waals surface area contributed by atoms with Crippen LogP contribution in [0, 0.1) is 11.8 Å². The number of rotatable bonds is 4. The normalized spacial score (nSPS) is 20.7. The Balaban J connectivity index is 1.74. The van der Waals surface area contributed by atoms with Crippen molar-refractivity contribution < 1.29 is 4.79 Å². The minimum Gasteiger partial charge on any atom is -0.315 e. The molecule has 0 amide bonds. The topological polar surface area (TPSA) is 29.1 Å². The van der Waals surface area contributed by atoms with Gasteiger partial charge in [-0.2, -0.15) is 0 Å². The highest BCUT2D eigenvalue weighted by Gasteiger charge is 2.31. The molecule has 6 heteroatoms. The summed E-state index contributed by atoms with van der Waals surface area (Å²) in [6, 6.07) is 11.4. The van der Waals surface area contributed by atoms with Gasteiger partial charge in [-0.25, -0.2) is 0 Å². The van der Waals surface area contributed by atoms with Crippen LogP contribution >= 0.6 is 55.1 Å². The summed E-state index contributed by atoms with van der Waals surface area (Å²) in [5.74, 6) is 0.204. The first-order valence-electron chi connectivity index (χ1n) is 8.06. The standard InChI is InChI=1S/C19H17Br2Cl2NO/c20-17-3-1-15(22)7-11(17)5-13-9-24-10-14(19(13)25)6-12-8-16(23)2-4-18(12)21/h1-4,7-8,13-14,24H,5-6,9-10H2. The van der Waals surface area contributed by atoms with Crippen LogP contribution < -0.4 is 5.32 Å². The summed E-state index contributed by atoms with van der Waals surface area (Å²) in [6.45, 7) is 1.40. The lowest BCUT2D eigenvalue weighted by molar-refractivity contribution is -0.128.